The van der Waals surface area contributed by atoms with E-state index in [1.807, 2.05) is 6.07 Å². The quantitative estimate of drug-likeness (QED) is 0.383. The molecule has 3 aromatic carbocycles. The molecule has 0 aliphatic heterocycles. The van der Waals surface area contributed by atoms with Gasteiger partial charge in [-0.15, -0.1) is 0 Å². The summed E-state index contributed by atoms with van der Waals surface area (Å²) in [6, 6.07) is 23.2. The summed E-state index contributed by atoms with van der Waals surface area (Å²) < 4.78 is 0. The average Bonchev–Trinajstić information content (AvgIpc) is 2.68. The van der Waals surface area contributed by atoms with Crippen LogP contribution in [0.2, 0.25) is 0 Å². The molecule has 134 valence electrons. The van der Waals surface area contributed by atoms with Gasteiger partial charge in [-0.25, -0.2) is 0 Å². The first kappa shape index (κ1) is 18.4. The number of ketones is 1. The van der Waals surface area contributed by atoms with Gasteiger partial charge in [-0.3, -0.25) is 4.79 Å². The summed E-state index contributed by atoms with van der Waals surface area (Å²) >= 11 is 0. The molecule has 0 saturated heterocycles. The molecule has 26 heavy (non-hydrogen) atoms. The van der Waals surface area contributed by atoms with Crippen LogP contribution in [0.3, 0.4) is 0 Å². The molecule has 0 heterocycles. The van der Waals surface area contributed by atoms with E-state index in [4.69, 9.17) is 0 Å². The highest BCUT2D eigenvalue weighted by molar-refractivity contribution is 5.99. The second kappa shape index (κ2) is 9.33. The lowest BCUT2D eigenvalue weighted by Crippen LogP contribution is -2.04. The standard InChI is InChI=1S/C25H28O/c1-2-3-4-5-9-15-23(26)19-22-18-17-20-12-10-11-16-24(20)25(22)21-13-7-6-8-14-21/h6-8,10-14,16-18H,2-5,9,15,19H2,1H3. The maximum atomic E-state index is 12.6. The molecule has 0 aliphatic carbocycles. The van der Waals surface area contributed by atoms with Crippen LogP contribution in [0.1, 0.15) is 51.0 Å². The van der Waals surface area contributed by atoms with Crippen LogP contribution >= 0.6 is 0 Å². The zero-order valence-electron chi connectivity index (χ0n) is 15.7. The van der Waals surface area contributed by atoms with Crippen molar-refractivity contribution in [2.45, 2.75) is 51.9 Å². The highest BCUT2D eigenvalue weighted by Crippen LogP contribution is 2.32. The molecule has 0 amide bonds. The summed E-state index contributed by atoms with van der Waals surface area (Å²) in [7, 11) is 0. The summed E-state index contributed by atoms with van der Waals surface area (Å²) in [5.74, 6) is 0.356. The molecule has 3 rings (SSSR count). The number of hydrogen-bond donors (Lipinski definition) is 0. The van der Waals surface area contributed by atoms with Crippen molar-refractivity contribution in [2.75, 3.05) is 0 Å². The van der Waals surface area contributed by atoms with Gasteiger partial charge in [-0.05, 0) is 33.9 Å². The molecule has 0 unspecified atom stereocenters. The number of rotatable bonds is 9. The number of fused-ring (bicyclic) bond motifs is 1. The van der Waals surface area contributed by atoms with Gasteiger partial charge in [0.15, 0.2) is 0 Å². The van der Waals surface area contributed by atoms with Gasteiger partial charge in [-0.2, -0.15) is 0 Å². The number of benzene rings is 3. The van der Waals surface area contributed by atoms with Crippen molar-refractivity contribution in [3.8, 4) is 11.1 Å². The van der Waals surface area contributed by atoms with Gasteiger partial charge in [0.25, 0.3) is 0 Å². The maximum Gasteiger partial charge on any atom is 0.137 e. The highest BCUT2D eigenvalue weighted by atomic mass is 16.1. The molecule has 0 radical (unpaired) electrons. The molecule has 0 aromatic heterocycles. The fourth-order valence-electron chi connectivity index (χ4n) is 3.64. The zero-order chi connectivity index (χ0) is 18.2. The van der Waals surface area contributed by atoms with E-state index < -0.39 is 0 Å². The number of Topliss-reactive ketones (excluding diaryl/α,β-unsaturated/α-hetero) is 1. The van der Waals surface area contributed by atoms with Crippen LogP contribution in [0.15, 0.2) is 66.7 Å². The van der Waals surface area contributed by atoms with Gasteiger partial charge in [0.1, 0.15) is 5.78 Å². The van der Waals surface area contributed by atoms with Crippen molar-refractivity contribution in [3.05, 3.63) is 72.3 Å². The summed E-state index contributed by atoms with van der Waals surface area (Å²) in [6.45, 7) is 2.22. The maximum absolute atomic E-state index is 12.6. The minimum Gasteiger partial charge on any atom is -0.299 e. The Hall–Kier alpha value is -2.41. The minimum atomic E-state index is 0.356. The van der Waals surface area contributed by atoms with Crippen molar-refractivity contribution in [3.63, 3.8) is 0 Å². The van der Waals surface area contributed by atoms with Crippen molar-refractivity contribution in [1.29, 1.82) is 0 Å². The molecule has 0 bridgehead atoms. The van der Waals surface area contributed by atoms with E-state index in [0.29, 0.717) is 18.6 Å². The summed E-state index contributed by atoms with van der Waals surface area (Å²) in [4.78, 5) is 12.6. The fourth-order valence-corrected chi connectivity index (χ4v) is 3.64. The van der Waals surface area contributed by atoms with Crippen molar-refractivity contribution >= 4 is 16.6 Å². The predicted molar refractivity (Wildman–Crippen MR) is 111 cm³/mol. The topological polar surface area (TPSA) is 17.1 Å². The SMILES string of the molecule is CCCCCCCC(=O)Cc1ccc2ccccc2c1-c1ccccc1. The van der Waals surface area contributed by atoms with Crippen molar-refractivity contribution in [1.82, 2.24) is 0 Å². The Morgan fingerprint density at radius 3 is 2.31 bits per heavy atom. The van der Waals surface area contributed by atoms with Crippen LogP contribution in [0.5, 0.6) is 0 Å². The Balaban J connectivity index is 1.83. The number of carbonyl (C=O) groups excluding carboxylic acids is 1. The first-order chi connectivity index (χ1) is 12.8. The number of carbonyl (C=O) groups is 1. The molecule has 3 aromatic rings. The summed E-state index contributed by atoms with van der Waals surface area (Å²) in [5.41, 5.74) is 3.55. The normalized spacial score (nSPS) is 11.0. The number of hydrogen-bond acceptors (Lipinski definition) is 1. The molecule has 1 heteroatoms. The van der Waals surface area contributed by atoms with Crippen molar-refractivity contribution < 1.29 is 4.79 Å². The molecule has 0 aliphatic rings. The van der Waals surface area contributed by atoms with Gasteiger partial charge >= 0.3 is 0 Å². The van der Waals surface area contributed by atoms with Crippen LogP contribution in [-0.2, 0) is 11.2 Å². The van der Waals surface area contributed by atoms with Gasteiger partial charge in [0.05, 0.1) is 0 Å². The third-order valence-electron chi connectivity index (χ3n) is 5.02. The molecule has 0 saturated carbocycles. The highest BCUT2D eigenvalue weighted by Gasteiger charge is 2.13. The monoisotopic (exact) mass is 344 g/mol. The molecule has 1 nitrogen and oxygen atoms in total. The lowest BCUT2D eigenvalue weighted by molar-refractivity contribution is -0.118. The fraction of sp³-hybridized carbons (Fsp3) is 0.320. The van der Waals surface area contributed by atoms with E-state index in [0.717, 1.165) is 12.0 Å². The van der Waals surface area contributed by atoms with Crippen LogP contribution in [0.25, 0.3) is 21.9 Å². The second-order valence-corrected chi connectivity index (χ2v) is 7.07. The predicted octanol–water partition coefficient (Wildman–Crippen LogP) is 6.98. The first-order valence-corrected chi connectivity index (χ1v) is 9.87. The van der Waals surface area contributed by atoms with E-state index >= 15 is 0 Å². The molecule has 0 N–H and O–H groups in total. The molecule has 0 atom stereocenters. The van der Waals surface area contributed by atoms with E-state index in [1.165, 1.54) is 47.6 Å². The number of unbranched alkanes of at least 4 members (excludes halogenated alkanes) is 4. The molecular formula is C25H28O. The van der Waals surface area contributed by atoms with E-state index in [2.05, 4.69) is 67.6 Å². The van der Waals surface area contributed by atoms with Gasteiger partial charge in [0.2, 0.25) is 0 Å². The van der Waals surface area contributed by atoms with Crippen LogP contribution < -0.4 is 0 Å². The third kappa shape index (κ3) is 4.60. The largest absolute Gasteiger partial charge is 0.299 e. The van der Waals surface area contributed by atoms with E-state index in [9.17, 15) is 4.79 Å². The smallest absolute Gasteiger partial charge is 0.137 e. The Morgan fingerprint density at radius 1 is 0.769 bits per heavy atom. The Morgan fingerprint density at radius 2 is 1.50 bits per heavy atom. The third-order valence-corrected chi connectivity index (χ3v) is 5.02. The lowest BCUT2D eigenvalue weighted by atomic mass is 9.90. The van der Waals surface area contributed by atoms with Crippen molar-refractivity contribution in [2.24, 2.45) is 0 Å². The zero-order valence-corrected chi connectivity index (χ0v) is 15.7. The van der Waals surface area contributed by atoms with Gasteiger partial charge in [0, 0.05) is 12.8 Å². The molecular weight excluding hydrogens is 316 g/mol. The lowest BCUT2D eigenvalue weighted by Gasteiger charge is -2.13. The molecule has 0 fully saturated rings. The summed E-state index contributed by atoms with van der Waals surface area (Å²) in [6.07, 6.45) is 7.18. The summed E-state index contributed by atoms with van der Waals surface area (Å²) in [5, 5.41) is 2.45. The average molecular weight is 344 g/mol. The van der Waals surface area contributed by atoms with Gasteiger partial charge in [-0.1, -0.05) is 99.3 Å². The minimum absolute atomic E-state index is 0.356. The van der Waals surface area contributed by atoms with E-state index in [1.54, 1.807) is 0 Å². The molecule has 0 spiro atoms. The second-order valence-electron chi connectivity index (χ2n) is 7.07. The van der Waals surface area contributed by atoms with E-state index in [-0.39, 0.29) is 0 Å². The van der Waals surface area contributed by atoms with Crippen LogP contribution in [0, 0.1) is 0 Å². The van der Waals surface area contributed by atoms with Crippen LogP contribution in [0.4, 0.5) is 0 Å². The Labute approximate surface area is 157 Å². The first-order valence-electron chi connectivity index (χ1n) is 9.87. The Bertz CT molecular complexity index is 848. The van der Waals surface area contributed by atoms with Crippen LogP contribution in [-0.4, -0.2) is 5.78 Å². The Kier molecular flexibility index (Phi) is 6.60. The van der Waals surface area contributed by atoms with Gasteiger partial charge < -0.3 is 0 Å².